The highest BCUT2D eigenvalue weighted by Gasteiger charge is 2.23. The van der Waals surface area contributed by atoms with E-state index >= 15 is 0 Å². The second-order valence-corrected chi connectivity index (χ2v) is 19.1. The highest BCUT2D eigenvalue weighted by Crippen LogP contribution is 2.50. The summed E-state index contributed by atoms with van der Waals surface area (Å²) in [5.41, 5.74) is 0.384. The zero-order valence-electron chi connectivity index (χ0n) is 75.9. The minimum Gasteiger partial charge on any atom is -0.456 e. The van der Waals surface area contributed by atoms with Crippen molar-refractivity contribution in [2.45, 2.75) is 0 Å². The summed E-state index contributed by atoms with van der Waals surface area (Å²) in [6.07, 6.45) is 0. The fourth-order valence-corrected chi connectivity index (χ4v) is 11.4. The molecule has 0 fully saturated rings. The summed E-state index contributed by atoms with van der Waals surface area (Å²) in [7, 11) is 0. The first-order valence-electron chi connectivity index (χ1n) is 42.5. The number of benzene rings is 16. The van der Waals surface area contributed by atoms with Crippen molar-refractivity contribution in [2.75, 3.05) is 0 Å². The predicted molar refractivity (Wildman–Crippen MR) is 349 cm³/mol. The molecule has 0 saturated carbocycles. The van der Waals surface area contributed by atoms with Gasteiger partial charge in [-0.1, -0.05) is 254 Å². The van der Waals surface area contributed by atoms with Crippen molar-refractivity contribution in [3.8, 4) is 44.5 Å². The highest BCUT2D eigenvalue weighted by molar-refractivity contribution is 6.29. The lowest BCUT2D eigenvalue weighted by Crippen LogP contribution is -1.92. The monoisotopic (exact) mass is 1070 g/mol. The van der Waals surface area contributed by atoms with Crippen LogP contribution in [0.1, 0.15) is 46.6 Å². The van der Waals surface area contributed by atoms with Crippen LogP contribution in [0.5, 0.6) is 0 Å². The topological polar surface area (TPSA) is 26.3 Å². The first kappa shape index (κ1) is 23.9. The standard InChI is InChI=1S/2C40H24O/c1-2-11-28-25(10-1)20-21-26-24-27(22-23-29(26)28)38-30-12-3-5-14-32(30)39(33-15-6-4-13-31(33)38)35-17-9-19-37-40(35)34-16-7-8-18-36(34)41-37;1-2-13-26-25(12-1)24-35(28-15-4-3-14-27(26)28)39-31-18-7-5-16-29(31)38(30-17-6-8-19-32(30)39)34-21-11-23-37-40(34)33-20-9-10-22-36(33)41-37/h2*1-24H/i1D,2D,3D,4D,5D,6D,10D,11D,12D,13D,14D,15D,20D,21D,22D,23D,24D;1D,2D,3D,4D,5D,6D,7D,8D,12D,13D,14D,15D,16D,17D,18D,19D,24D. The van der Waals surface area contributed by atoms with E-state index in [0.29, 0.717) is 49.4 Å². The van der Waals surface area contributed by atoms with Crippen LogP contribution in [0.25, 0.3) is 175 Å². The largest absolute Gasteiger partial charge is 0.456 e. The highest BCUT2D eigenvalue weighted by atomic mass is 16.3. The molecule has 0 amide bonds. The molecule has 0 bridgehead atoms. The van der Waals surface area contributed by atoms with Gasteiger partial charge in [0, 0.05) is 21.5 Å². The first-order chi connectivity index (χ1) is 54.9. The van der Waals surface area contributed by atoms with Crippen LogP contribution in [0.15, 0.2) is 299 Å². The van der Waals surface area contributed by atoms with Crippen LogP contribution >= 0.6 is 0 Å². The van der Waals surface area contributed by atoms with E-state index in [2.05, 4.69) is 0 Å². The molecule has 0 aliphatic heterocycles. The Morgan fingerprint density at radius 1 is 0.220 bits per heavy atom. The Labute approximate surface area is 519 Å². The molecule has 0 radical (unpaired) electrons. The molecule has 2 aromatic heterocycles. The second kappa shape index (κ2) is 18.4. The van der Waals surface area contributed by atoms with Gasteiger partial charge in [-0.25, -0.2) is 0 Å². The van der Waals surface area contributed by atoms with E-state index in [1.807, 2.05) is 0 Å². The molecule has 0 spiro atoms. The average molecular weight is 1080 g/mol. The van der Waals surface area contributed by atoms with E-state index in [9.17, 15) is 17.8 Å². The summed E-state index contributed by atoms with van der Waals surface area (Å²) in [6.45, 7) is 0. The van der Waals surface area contributed by atoms with Crippen molar-refractivity contribution < 1.29 is 55.4 Å². The van der Waals surface area contributed by atoms with Crippen LogP contribution in [-0.2, 0) is 0 Å². The molecule has 16 aromatic carbocycles. The van der Waals surface area contributed by atoms with E-state index in [0.717, 1.165) is 0 Å². The summed E-state index contributed by atoms with van der Waals surface area (Å²) in [4.78, 5) is 0. The van der Waals surface area contributed by atoms with E-state index < -0.39 is 265 Å². The van der Waals surface area contributed by atoms with Gasteiger partial charge in [0.15, 0.2) is 0 Å². The molecule has 0 aliphatic carbocycles. The fourth-order valence-electron chi connectivity index (χ4n) is 11.4. The number of hydrogen-bond acceptors (Lipinski definition) is 2. The van der Waals surface area contributed by atoms with E-state index in [4.69, 9.17) is 37.6 Å². The third-order valence-corrected chi connectivity index (χ3v) is 14.8. The summed E-state index contributed by atoms with van der Waals surface area (Å²) in [5, 5.41) is -3.52. The Morgan fingerprint density at radius 3 is 1.09 bits per heavy atom. The Hall–Kier alpha value is -10.8. The van der Waals surface area contributed by atoms with Gasteiger partial charge in [0.25, 0.3) is 0 Å². The lowest BCUT2D eigenvalue weighted by Gasteiger charge is -2.20. The molecule has 18 rings (SSSR count). The Kier molecular flexibility index (Phi) is 5.36. The van der Waals surface area contributed by atoms with Crippen LogP contribution in [-0.4, -0.2) is 0 Å². The summed E-state index contributed by atoms with van der Waals surface area (Å²) in [5.74, 6) is 0. The maximum absolute atomic E-state index is 9.74. The normalized spacial score (nSPS) is 17.7. The predicted octanol–water partition coefficient (Wildman–Crippen LogP) is 23.1. The zero-order chi connectivity index (χ0) is 83.4. The van der Waals surface area contributed by atoms with Crippen molar-refractivity contribution in [3.63, 3.8) is 0 Å². The third-order valence-electron chi connectivity index (χ3n) is 14.8. The van der Waals surface area contributed by atoms with Gasteiger partial charge in [-0.3, -0.25) is 0 Å². The number of furan rings is 2. The quantitative estimate of drug-likeness (QED) is 0.130. The van der Waals surface area contributed by atoms with Gasteiger partial charge in [-0.2, -0.15) is 0 Å². The minimum atomic E-state index is -0.790. The molecule has 2 heteroatoms. The first-order valence-corrected chi connectivity index (χ1v) is 25.5. The molecule has 380 valence electrons. The molecule has 82 heavy (non-hydrogen) atoms. The van der Waals surface area contributed by atoms with Crippen LogP contribution in [0.3, 0.4) is 0 Å². The van der Waals surface area contributed by atoms with Crippen LogP contribution in [0, 0.1) is 0 Å². The van der Waals surface area contributed by atoms with Crippen LogP contribution in [0.2, 0.25) is 0 Å². The maximum atomic E-state index is 9.74. The zero-order valence-corrected chi connectivity index (χ0v) is 41.9. The smallest absolute Gasteiger partial charge is 0.136 e. The number of para-hydroxylation sites is 2. The Bertz CT molecular complexity index is 7600. The fraction of sp³-hybridized carbons (Fsp3) is 0. The molecular weight excluding hydrogens is 993 g/mol. The van der Waals surface area contributed by atoms with E-state index in [-0.39, 0.29) is 65.2 Å². The number of hydrogen-bond donors (Lipinski definition) is 0. The molecule has 0 aliphatic rings. The summed E-state index contributed by atoms with van der Waals surface area (Å²) < 4.78 is 318. The molecule has 2 heterocycles. The molecule has 0 N–H and O–H groups in total. The lowest BCUT2D eigenvalue weighted by molar-refractivity contribution is 0.668. The lowest BCUT2D eigenvalue weighted by atomic mass is 9.83. The Balaban J connectivity index is 0.000000167. The molecule has 0 saturated heterocycles. The maximum Gasteiger partial charge on any atom is 0.136 e. The van der Waals surface area contributed by atoms with E-state index in [1.54, 1.807) is 84.9 Å². The van der Waals surface area contributed by atoms with Gasteiger partial charge in [-0.05, 0) is 167 Å². The van der Waals surface area contributed by atoms with Gasteiger partial charge >= 0.3 is 0 Å². The van der Waals surface area contributed by atoms with Crippen molar-refractivity contribution >= 4 is 130 Å². The van der Waals surface area contributed by atoms with Gasteiger partial charge in [0.05, 0.1) is 46.6 Å². The number of rotatable bonds is 4. The van der Waals surface area contributed by atoms with Crippen molar-refractivity contribution in [2.24, 2.45) is 0 Å². The number of fused-ring (bicyclic) bond motifs is 16. The van der Waals surface area contributed by atoms with Gasteiger partial charge in [0.1, 0.15) is 22.3 Å². The third kappa shape index (κ3) is 7.02. The van der Waals surface area contributed by atoms with Crippen LogP contribution in [0.4, 0.5) is 0 Å². The summed E-state index contributed by atoms with van der Waals surface area (Å²) in [6, 6.07) is -0.0240. The SMILES string of the molecule is [2H]c1c([2H])c([2H])c2c(-c3cccc4oc5ccccc5c34)c3c([2H])c([2H])c([2H])c([2H])c3c(-c3c([2H])c([2H])c4c(c3[2H])c([2H])c([2H])c3c([2H])c([2H])c([2H])c([2H])c34)c2c1[2H].[2H]c1c([2H])c([2H])c2c(-c3cccc4oc5ccccc5c34)c3c([2H])c([2H])c([2H])c([2H])c3c(-c3c([2H])c4c([2H])c([2H])c([2H])c([2H])c4c4c([2H])c([2H])c([2H])c([2H])c34)c2c1[2H]. The van der Waals surface area contributed by atoms with Crippen molar-refractivity contribution in [3.05, 3.63) is 290 Å². The molecule has 0 atom stereocenters. The molecule has 0 unspecified atom stereocenters. The van der Waals surface area contributed by atoms with Crippen LogP contribution < -0.4 is 0 Å². The van der Waals surface area contributed by atoms with Gasteiger partial charge in [-0.15, -0.1) is 0 Å². The van der Waals surface area contributed by atoms with Crippen molar-refractivity contribution in [1.29, 1.82) is 0 Å². The molecular formula is C80H48O2. The second-order valence-electron chi connectivity index (χ2n) is 19.1. The van der Waals surface area contributed by atoms with E-state index in [1.165, 1.54) is 0 Å². The summed E-state index contributed by atoms with van der Waals surface area (Å²) >= 11 is 0. The van der Waals surface area contributed by atoms with Gasteiger partial charge in [0.2, 0.25) is 0 Å². The van der Waals surface area contributed by atoms with Gasteiger partial charge < -0.3 is 8.83 Å². The average Bonchev–Trinajstić information content (AvgIpc) is 0.852. The minimum absolute atomic E-state index is 0.00790. The molecule has 18 aromatic rings. The molecule has 2 nitrogen and oxygen atoms in total. The van der Waals surface area contributed by atoms with Crippen molar-refractivity contribution in [1.82, 2.24) is 0 Å². The Morgan fingerprint density at radius 2 is 0.573 bits per heavy atom.